The Kier molecular flexibility index (Phi) is 8.16. The van der Waals surface area contributed by atoms with Crippen LogP contribution < -0.4 is 0 Å². The van der Waals surface area contributed by atoms with Crippen LogP contribution in [-0.4, -0.2) is 47.5 Å². The molecule has 0 saturated carbocycles. The maximum atomic E-state index is 12.9. The van der Waals surface area contributed by atoms with E-state index in [0.717, 1.165) is 0 Å². The molecule has 32 heavy (non-hydrogen) atoms. The summed E-state index contributed by atoms with van der Waals surface area (Å²) >= 11 is 1.32. The molecule has 0 N–H and O–H groups in total. The number of thioether (sulfide) groups is 1. The number of ketones is 1. The molecule has 0 amide bonds. The van der Waals surface area contributed by atoms with Gasteiger partial charge in [0.2, 0.25) is 15.9 Å². The number of hydrogen-bond donors (Lipinski definition) is 0. The normalized spacial score (nSPS) is 11.8. The highest BCUT2D eigenvalue weighted by Gasteiger charge is 2.22. The van der Waals surface area contributed by atoms with Gasteiger partial charge < -0.3 is 4.42 Å². The van der Waals surface area contributed by atoms with Crippen molar-refractivity contribution in [2.24, 2.45) is 0 Å². The van der Waals surface area contributed by atoms with Crippen LogP contribution in [0.4, 0.5) is 4.39 Å². The Bertz CT molecular complexity index is 1160. The summed E-state index contributed by atoms with van der Waals surface area (Å²) in [7, 11) is -3.59. The van der Waals surface area contributed by atoms with Gasteiger partial charge in [0.05, 0.1) is 4.90 Å². The van der Waals surface area contributed by atoms with Gasteiger partial charge in [-0.1, -0.05) is 31.7 Å². The Balaban J connectivity index is 1.59. The standard InChI is InChI=1S/C22H24FN3O4S2/c1-3-26(4-2)32(28,29)19-8-5-7-17(15-19)21-24-25-22(30-21)31-14-6-9-20(27)16-10-12-18(23)13-11-16/h5,7-8,10-13,15H,3-4,6,9,14H2,1-2H3. The number of aromatic nitrogens is 2. The van der Waals surface area contributed by atoms with Crippen LogP contribution in [0.2, 0.25) is 0 Å². The first kappa shape index (κ1) is 24.1. The lowest BCUT2D eigenvalue weighted by molar-refractivity contribution is 0.0982. The minimum absolute atomic E-state index is 0.0527. The number of rotatable bonds is 11. The van der Waals surface area contributed by atoms with E-state index in [4.69, 9.17) is 4.42 Å². The van der Waals surface area contributed by atoms with Crippen molar-refractivity contribution < 1.29 is 22.0 Å². The summed E-state index contributed by atoms with van der Waals surface area (Å²) in [5.41, 5.74) is 1.00. The predicted molar refractivity (Wildman–Crippen MR) is 121 cm³/mol. The molecule has 0 aliphatic carbocycles. The zero-order valence-corrected chi connectivity index (χ0v) is 19.5. The van der Waals surface area contributed by atoms with Crippen molar-refractivity contribution >= 4 is 27.6 Å². The molecule has 10 heteroatoms. The van der Waals surface area contributed by atoms with Crippen LogP contribution in [0.5, 0.6) is 0 Å². The molecule has 3 rings (SSSR count). The summed E-state index contributed by atoms with van der Waals surface area (Å²) in [6, 6.07) is 11.9. The Hall–Kier alpha value is -2.56. The fourth-order valence-corrected chi connectivity index (χ4v) is 5.26. The fourth-order valence-electron chi connectivity index (χ4n) is 3.06. The number of nitrogens with zero attached hydrogens (tertiary/aromatic N) is 3. The topological polar surface area (TPSA) is 93.4 Å². The second-order valence-electron chi connectivity index (χ2n) is 6.87. The van der Waals surface area contributed by atoms with E-state index < -0.39 is 10.0 Å². The van der Waals surface area contributed by atoms with Crippen LogP contribution in [0.1, 0.15) is 37.0 Å². The van der Waals surface area contributed by atoms with Crippen molar-refractivity contribution in [2.75, 3.05) is 18.8 Å². The molecule has 0 bridgehead atoms. The molecule has 0 fully saturated rings. The molecule has 2 aromatic carbocycles. The summed E-state index contributed by atoms with van der Waals surface area (Å²) in [5, 5.41) is 8.35. The molecule has 0 spiro atoms. The Morgan fingerprint density at radius 1 is 1.09 bits per heavy atom. The number of carbonyl (C=O) groups excluding carboxylic acids is 1. The number of carbonyl (C=O) groups is 1. The lowest BCUT2D eigenvalue weighted by atomic mass is 10.1. The second-order valence-corrected chi connectivity index (χ2v) is 9.86. The van der Waals surface area contributed by atoms with Crippen LogP contribution in [0, 0.1) is 5.82 Å². The molecular formula is C22H24FN3O4S2. The molecule has 1 heterocycles. The summed E-state index contributed by atoms with van der Waals surface area (Å²) in [6.07, 6.45) is 0.918. The van der Waals surface area contributed by atoms with E-state index in [1.165, 1.54) is 46.4 Å². The number of halogens is 1. The van der Waals surface area contributed by atoms with Gasteiger partial charge >= 0.3 is 0 Å². The molecule has 0 saturated heterocycles. The second kappa shape index (κ2) is 10.8. The summed E-state index contributed by atoms with van der Waals surface area (Å²) in [6.45, 7) is 4.35. The van der Waals surface area contributed by atoms with Gasteiger partial charge in [-0.15, -0.1) is 10.2 Å². The van der Waals surface area contributed by atoms with Gasteiger partial charge in [0.15, 0.2) is 5.78 Å². The Labute approximate surface area is 191 Å². The van der Waals surface area contributed by atoms with Gasteiger partial charge in [0, 0.05) is 36.4 Å². The summed E-state index contributed by atoms with van der Waals surface area (Å²) in [4.78, 5) is 12.3. The number of sulfonamides is 1. The molecule has 0 aliphatic heterocycles. The molecule has 0 aliphatic rings. The van der Waals surface area contributed by atoms with E-state index in [-0.39, 0.29) is 22.4 Å². The highest BCUT2D eigenvalue weighted by molar-refractivity contribution is 7.99. The number of Topliss-reactive ketones (excluding diaryl/α,β-unsaturated/α-hetero) is 1. The Morgan fingerprint density at radius 2 is 1.81 bits per heavy atom. The first-order chi connectivity index (χ1) is 15.3. The molecule has 0 unspecified atom stereocenters. The van der Waals surface area contributed by atoms with Gasteiger partial charge in [0.1, 0.15) is 5.82 Å². The maximum Gasteiger partial charge on any atom is 0.276 e. The minimum Gasteiger partial charge on any atom is -0.411 e. The van der Waals surface area contributed by atoms with Crippen molar-refractivity contribution in [1.82, 2.24) is 14.5 Å². The molecule has 1 aromatic heterocycles. The average Bonchev–Trinajstić information content (AvgIpc) is 3.27. The molecular weight excluding hydrogens is 453 g/mol. The molecule has 3 aromatic rings. The number of hydrogen-bond acceptors (Lipinski definition) is 7. The van der Waals surface area contributed by atoms with Crippen LogP contribution in [0.15, 0.2) is 63.1 Å². The zero-order chi connectivity index (χ0) is 23.1. The SMILES string of the molecule is CCN(CC)S(=O)(=O)c1cccc(-c2nnc(SCCCC(=O)c3ccc(F)cc3)o2)c1. The van der Waals surface area contributed by atoms with E-state index in [0.29, 0.717) is 48.0 Å². The van der Waals surface area contributed by atoms with Crippen LogP contribution in [-0.2, 0) is 10.0 Å². The van der Waals surface area contributed by atoms with Crippen molar-refractivity contribution in [3.8, 4) is 11.5 Å². The van der Waals surface area contributed by atoms with E-state index in [1.54, 1.807) is 32.0 Å². The molecule has 170 valence electrons. The first-order valence-corrected chi connectivity index (χ1v) is 12.6. The quantitative estimate of drug-likeness (QED) is 0.225. The number of benzene rings is 2. The van der Waals surface area contributed by atoms with Crippen molar-refractivity contribution in [1.29, 1.82) is 0 Å². The van der Waals surface area contributed by atoms with Crippen LogP contribution in [0.25, 0.3) is 11.5 Å². The minimum atomic E-state index is -3.59. The third kappa shape index (κ3) is 5.81. The van der Waals surface area contributed by atoms with Gasteiger partial charge in [-0.25, -0.2) is 12.8 Å². The van der Waals surface area contributed by atoms with E-state index in [9.17, 15) is 17.6 Å². The average molecular weight is 478 g/mol. The molecule has 0 atom stereocenters. The summed E-state index contributed by atoms with van der Waals surface area (Å²) < 4.78 is 45.5. The smallest absolute Gasteiger partial charge is 0.276 e. The zero-order valence-electron chi connectivity index (χ0n) is 17.8. The van der Waals surface area contributed by atoms with E-state index >= 15 is 0 Å². The first-order valence-electron chi connectivity index (χ1n) is 10.2. The lowest BCUT2D eigenvalue weighted by Crippen LogP contribution is -2.30. The monoisotopic (exact) mass is 477 g/mol. The largest absolute Gasteiger partial charge is 0.411 e. The lowest BCUT2D eigenvalue weighted by Gasteiger charge is -2.18. The third-order valence-corrected chi connectivity index (χ3v) is 7.72. The third-order valence-electron chi connectivity index (χ3n) is 4.77. The van der Waals surface area contributed by atoms with Crippen LogP contribution in [0.3, 0.4) is 0 Å². The van der Waals surface area contributed by atoms with Crippen molar-refractivity contribution in [3.05, 3.63) is 59.9 Å². The van der Waals surface area contributed by atoms with Crippen molar-refractivity contribution in [2.45, 2.75) is 36.8 Å². The highest BCUT2D eigenvalue weighted by Crippen LogP contribution is 2.26. The van der Waals surface area contributed by atoms with E-state index in [2.05, 4.69) is 10.2 Å². The summed E-state index contributed by atoms with van der Waals surface area (Å²) in [5.74, 6) is 0.389. The van der Waals surface area contributed by atoms with Crippen LogP contribution >= 0.6 is 11.8 Å². The van der Waals surface area contributed by atoms with Gasteiger partial charge in [-0.2, -0.15) is 4.31 Å². The Morgan fingerprint density at radius 3 is 2.50 bits per heavy atom. The molecule has 0 radical (unpaired) electrons. The molecule has 7 nitrogen and oxygen atoms in total. The maximum absolute atomic E-state index is 12.9. The van der Waals surface area contributed by atoms with Crippen molar-refractivity contribution in [3.63, 3.8) is 0 Å². The predicted octanol–water partition coefficient (Wildman–Crippen LogP) is 4.66. The van der Waals surface area contributed by atoms with Gasteiger partial charge in [-0.3, -0.25) is 4.79 Å². The highest BCUT2D eigenvalue weighted by atomic mass is 32.2. The van der Waals surface area contributed by atoms with E-state index in [1.807, 2.05) is 0 Å². The fraction of sp³-hybridized carbons (Fsp3) is 0.318. The van der Waals surface area contributed by atoms with Gasteiger partial charge in [-0.05, 0) is 48.9 Å². The van der Waals surface area contributed by atoms with Gasteiger partial charge in [0.25, 0.3) is 5.22 Å².